The lowest BCUT2D eigenvalue weighted by atomic mass is 10.1. The third-order valence-electron chi connectivity index (χ3n) is 2.83. The van der Waals surface area contributed by atoms with Gasteiger partial charge in [0, 0.05) is 18.2 Å². The minimum Gasteiger partial charge on any atom is -0.258 e. The molecule has 0 radical (unpaired) electrons. The van der Waals surface area contributed by atoms with E-state index in [9.17, 15) is 36.5 Å². The number of hydrogen-bond donors (Lipinski definition) is 0. The number of nitro groups is 1. The molecule has 6 nitrogen and oxygen atoms in total. The highest BCUT2D eigenvalue weighted by Gasteiger charge is 2.42. The molecule has 0 fully saturated rings. The highest BCUT2D eigenvalue weighted by Crippen LogP contribution is 2.37. The molecule has 0 N–H and O–H groups in total. The maximum atomic E-state index is 13.0. The van der Waals surface area contributed by atoms with Gasteiger partial charge < -0.3 is 0 Å². The predicted octanol–water partition coefficient (Wildman–Crippen LogP) is 3.69. The van der Waals surface area contributed by atoms with Crippen molar-refractivity contribution in [3.05, 3.63) is 51.3 Å². The second-order valence-electron chi connectivity index (χ2n) is 4.39. The number of rotatable bonds is 2. The molecule has 0 atom stereocenters. The lowest BCUT2D eigenvalue weighted by Gasteiger charge is -2.11. The van der Waals surface area contributed by atoms with Crippen LogP contribution in [0.1, 0.15) is 17.0 Å². The smallest absolute Gasteiger partial charge is 0.258 e. The zero-order valence-electron chi connectivity index (χ0n) is 11.2. The Balaban J connectivity index is 2.75. The molecular weight excluding hydrogens is 346 g/mol. The molecule has 12 heteroatoms. The van der Waals surface area contributed by atoms with Crippen molar-refractivity contribution in [2.24, 2.45) is 0 Å². The van der Waals surface area contributed by atoms with Gasteiger partial charge in [0.2, 0.25) is 0 Å². The lowest BCUT2D eigenvalue weighted by Crippen LogP contribution is -2.14. The van der Waals surface area contributed by atoms with Crippen LogP contribution in [0, 0.1) is 21.4 Å². The van der Waals surface area contributed by atoms with Gasteiger partial charge in [0.1, 0.15) is 11.8 Å². The third-order valence-corrected chi connectivity index (χ3v) is 2.83. The minimum absolute atomic E-state index is 0.106. The molecule has 1 heterocycles. The minimum atomic E-state index is -5.19. The molecule has 24 heavy (non-hydrogen) atoms. The van der Waals surface area contributed by atoms with Crippen LogP contribution in [0.4, 0.5) is 32.0 Å². The molecule has 0 aliphatic heterocycles. The van der Waals surface area contributed by atoms with Crippen LogP contribution >= 0.6 is 0 Å². The number of halogens is 6. The summed E-state index contributed by atoms with van der Waals surface area (Å²) in [6, 6.07) is 3.32. The van der Waals surface area contributed by atoms with Gasteiger partial charge in [-0.25, -0.2) is 4.68 Å². The van der Waals surface area contributed by atoms with Gasteiger partial charge in [-0.05, 0) is 6.07 Å². The summed E-state index contributed by atoms with van der Waals surface area (Å²) in [4.78, 5) is 9.72. The van der Waals surface area contributed by atoms with E-state index in [2.05, 4.69) is 5.10 Å². The Morgan fingerprint density at radius 2 is 1.75 bits per heavy atom. The van der Waals surface area contributed by atoms with Gasteiger partial charge in [0.15, 0.2) is 5.69 Å². The number of aromatic nitrogens is 2. The molecule has 126 valence electrons. The van der Waals surface area contributed by atoms with Crippen molar-refractivity contribution in [2.45, 2.75) is 12.4 Å². The Hall–Kier alpha value is -3.10. The number of nitrogens with zero attached hydrogens (tertiary/aromatic N) is 4. The van der Waals surface area contributed by atoms with Crippen LogP contribution in [0.15, 0.2) is 24.3 Å². The van der Waals surface area contributed by atoms with E-state index in [1.807, 2.05) is 0 Å². The Kier molecular flexibility index (Phi) is 3.97. The summed E-state index contributed by atoms with van der Waals surface area (Å²) in [5, 5.41) is 22.4. The van der Waals surface area contributed by atoms with E-state index in [1.54, 1.807) is 0 Å². The predicted molar refractivity (Wildman–Crippen MR) is 64.9 cm³/mol. The van der Waals surface area contributed by atoms with Gasteiger partial charge >= 0.3 is 12.4 Å². The van der Waals surface area contributed by atoms with Crippen molar-refractivity contribution < 1.29 is 31.3 Å². The number of alkyl halides is 6. The highest BCUT2D eigenvalue weighted by molar-refractivity contribution is 5.55. The molecule has 0 saturated heterocycles. The van der Waals surface area contributed by atoms with Gasteiger partial charge in [-0.2, -0.15) is 36.7 Å². The number of nitro benzene ring substituents is 1. The van der Waals surface area contributed by atoms with Crippen LogP contribution in [0.5, 0.6) is 0 Å². The first-order chi connectivity index (χ1) is 10.9. The van der Waals surface area contributed by atoms with Gasteiger partial charge in [-0.15, -0.1) is 0 Å². The molecule has 0 aliphatic rings. The normalized spacial score (nSPS) is 12.0. The van der Waals surface area contributed by atoms with Crippen LogP contribution < -0.4 is 0 Å². The maximum absolute atomic E-state index is 13.0. The first kappa shape index (κ1) is 17.3. The van der Waals surface area contributed by atoms with E-state index in [-0.39, 0.29) is 10.7 Å². The number of benzene rings is 1. The molecule has 0 amide bonds. The number of non-ortho nitro benzene ring substituents is 1. The van der Waals surface area contributed by atoms with Crippen LogP contribution in [0.2, 0.25) is 0 Å². The highest BCUT2D eigenvalue weighted by atomic mass is 19.4. The van der Waals surface area contributed by atoms with Crippen LogP contribution in [-0.4, -0.2) is 14.7 Å². The van der Waals surface area contributed by atoms with Gasteiger partial charge in [0.25, 0.3) is 5.69 Å². The van der Waals surface area contributed by atoms with Crippen molar-refractivity contribution in [2.75, 3.05) is 0 Å². The first-order valence-electron chi connectivity index (χ1n) is 5.88. The van der Waals surface area contributed by atoms with Gasteiger partial charge in [0.05, 0.1) is 16.2 Å². The maximum Gasteiger partial charge on any atom is 0.435 e. The van der Waals surface area contributed by atoms with E-state index in [4.69, 9.17) is 5.26 Å². The summed E-state index contributed by atoms with van der Waals surface area (Å²) in [6.07, 6.45) is -10.3. The summed E-state index contributed by atoms with van der Waals surface area (Å²) < 4.78 is 76.7. The fraction of sp³-hybridized carbons (Fsp3) is 0.167. The van der Waals surface area contributed by atoms with Crippen molar-refractivity contribution >= 4 is 5.69 Å². The first-order valence-corrected chi connectivity index (χ1v) is 5.88. The van der Waals surface area contributed by atoms with Crippen LogP contribution in [0.25, 0.3) is 5.69 Å². The molecule has 0 bridgehead atoms. The van der Waals surface area contributed by atoms with Crippen LogP contribution in [0.3, 0.4) is 0 Å². The SMILES string of the molecule is N#Cc1cc([N+](=O)[O-])ccc1-n1nc(C(F)(F)F)cc1C(F)(F)F. The summed E-state index contributed by atoms with van der Waals surface area (Å²) in [7, 11) is 0. The van der Waals surface area contributed by atoms with Crippen molar-refractivity contribution in [3.63, 3.8) is 0 Å². The topological polar surface area (TPSA) is 84.7 Å². The molecule has 0 spiro atoms. The monoisotopic (exact) mass is 350 g/mol. The number of hydrogen-bond acceptors (Lipinski definition) is 4. The van der Waals surface area contributed by atoms with Crippen molar-refractivity contribution in [3.8, 4) is 11.8 Å². The molecule has 0 saturated carbocycles. The van der Waals surface area contributed by atoms with Gasteiger partial charge in [-0.1, -0.05) is 0 Å². The fourth-order valence-corrected chi connectivity index (χ4v) is 1.82. The summed E-state index contributed by atoms with van der Waals surface area (Å²) >= 11 is 0. The van der Waals surface area contributed by atoms with E-state index in [0.717, 1.165) is 12.1 Å². The summed E-state index contributed by atoms with van der Waals surface area (Å²) in [5.41, 5.74) is -5.47. The zero-order chi connectivity index (χ0) is 18.3. The largest absolute Gasteiger partial charge is 0.435 e. The van der Waals surface area contributed by atoms with E-state index < -0.39 is 45.6 Å². The average molecular weight is 350 g/mol. The lowest BCUT2D eigenvalue weighted by molar-refractivity contribution is -0.384. The third kappa shape index (κ3) is 3.14. The second kappa shape index (κ2) is 5.52. The molecule has 0 aliphatic carbocycles. The van der Waals surface area contributed by atoms with E-state index in [1.165, 1.54) is 6.07 Å². The molecule has 0 unspecified atom stereocenters. The average Bonchev–Trinajstić information content (AvgIpc) is 2.91. The molecule has 1 aromatic carbocycles. The second-order valence-corrected chi connectivity index (χ2v) is 4.39. The fourth-order valence-electron chi connectivity index (χ4n) is 1.82. The number of nitriles is 1. The quantitative estimate of drug-likeness (QED) is 0.470. The molecule has 2 rings (SSSR count). The molecule has 2 aromatic rings. The summed E-state index contributed by atoms with van der Waals surface area (Å²) in [5.74, 6) is 0. The van der Waals surface area contributed by atoms with Crippen LogP contribution in [-0.2, 0) is 12.4 Å². The summed E-state index contributed by atoms with van der Waals surface area (Å²) in [6.45, 7) is 0. The Labute approximate surface area is 128 Å². The Morgan fingerprint density at radius 1 is 1.12 bits per heavy atom. The van der Waals surface area contributed by atoms with Gasteiger partial charge in [-0.3, -0.25) is 10.1 Å². The standard InChI is InChI=1S/C12H4F6N4O2/c13-11(14,15)9-4-10(12(16,17)18)21(20-9)8-2-1-7(22(23)24)3-6(8)5-19/h1-4H. The van der Waals surface area contributed by atoms with Crippen molar-refractivity contribution in [1.29, 1.82) is 5.26 Å². The van der Waals surface area contributed by atoms with Crippen molar-refractivity contribution in [1.82, 2.24) is 9.78 Å². The Morgan fingerprint density at radius 3 is 2.21 bits per heavy atom. The molecular formula is C12H4F6N4O2. The van der Waals surface area contributed by atoms with E-state index in [0.29, 0.717) is 6.07 Å². The zero-order valence-corrected chi connectivity index (χ0v) is 11.2. The Bertz CT molecular complexity index is 847. The van der Waals surface area contributed by atoms with E-state index >= 15 is 0 Å². The molecule has 1 aromatic heterocycles.